The summed E-state index contributed by atoms with van der Waals surface area (Å²) in [6.45, 7) is 5.38. The van der Waals surface area contributed by atoms with Crippen LogP contribution in [-0.4, -0.2) is 44.1 Å². The van der Waals surface area contributed by atoms with Gasteiger partial charge in [0.1, 0.15) is 5.75 Å². The quantitative estimate of drug-likeness (QED) is 0.0758. The van der Waals surface area contributed by atoms with Crippen molar-refractivity contribution in [3.05, 3.63) is 65.7 Å². The van der Waals surface area contributed by atoms with E-state index in [9.17, 15) is 4.79 Å². The Morgan fingerprint density at radius 3 is 1.51 bits per heavy atom. The van der Waals surface area contributed by atoms with E-state index in [-0.39, 0.29) is 5.78 Å². The smallest absolute Gasteiger partial charge is 0.193 e. The Balaban J connectivity index is 1.42. The van der Waals surface area contributed by atoms with Crippen molar-refractivity contribution in [2.45, 2.75) is 116 Å². The standard InChI is InChI=1S/C36H58NO2/c1-4-5-6-7-8-9-10-11-12-13-14-15-16-17-18-22-30-37(2,3)31-23-32-39-35-28-26-34(27-29-35)36(38)33-24-20-19-21-25-33/h19-21,24-29H,4-18,22-23,30-32H2,1-3H3/q+1. The van der Waals surface area contributed by atoms with E-state index in [1.165, 1.54) is 109 Å². The third-order valence-electron chi connectivity index (χ3n) is 7.95. The van der Waals surface area contributed by atoms with Crippen LogP contribution in [0.15, 0.2) is 54.6 Å². The third kappa shape index (κ3) is 15.9. The number of nitrogens with zero attached hydrogens (tertiary/aromatic N) is 1. The largest absolute Gasteiger partial charge is 0.493 e. The van der Waals surface area contributed by atoms with Crippen LogP contribution in [0.5, 0.6) is 5.75 Å². The van der Waals surface area contributed by atoms with Crippen molar-refractivity contribution in [3.8, 4) is 5.75 Å². The molecule has 0 atom stereocenters. The summed E-state index contributed by atoms with van der Waals surface area (Å²) >= 11 is 0. The lowest BCUT2D eigenvalue weighted by atomic mass is 10.0. The van der Waals surface area contributed by atoms with E-state index in [0.717, 1.165) is 28.8 Å². The number of unbranched alkanes of at least 4 members (excludes halogenated alkanes) is 15. The Hall–Kier alpha value is -2.13. The highest BCUT2D eigenvalue weighted by atomic mass is 16.5. The summed E-state index contributed by atoms with van der Waals surface area (Å²) in [6.07, 6.45) is 23.8. The van der Waals surface area contributed by atoms with Gasteiger partial charge < -0.3 is 9.22 Å². The lowest BCUT2D eigenvalue weighted by molar-refractivity contribution is -0.890. The summed E-state index contributed by atoms with van der Waals surface area (Å²) in [5, 5.41) is 0. The Morgan fingerprint density at radius 2 is 1.00 bits per heavy atom. The van der Waals surface area contributed by atoms with E-state index in [2.05, 4.69) is 21.0 Å². The minimum absolute atomic E-state index is 0.0512. The van der Waals surface area contributed by atoms with E-state index in [1.54, 1.807) is 0 Å². The molecule has 0 N–H and O–H groups in total. The Labute approximate surface area is 240 Å². The number of rotatable bonds is 24. The molecule has 0 aliphatic rings. The van der Waals surface area contributed by atoms with Gasteiger partial charge in [-0.2, -0.15) is 0 Å². The molecule has 0 bridgehead atoms. The topological polar surface area (TPSA) is 26.3 Å². The first-order chi connectivity index (χ1) is 19.0. The van der Waals surface area contributed by atoms with Crippen LogP contribution >= 0.6 is 0 Å². The van der Waals surface area contributed by atoms with Crippen LogP contribution in [0.1, 0.15) is 132 Å². The van der Waals surface area contributed by atoms with Crippen LogP contribution in [0.4, 0.5) is 0 Å². The van der Waals surface area contributed by atoms with Crippen LogP contribution in [-0.2, 0) is 0 Å². The molecule has 0 aliphatic heterocycles. The van der Waals surface area contributed by atoms with Crippen molar-refractivity contribution in [3.63, 3.8) is 0 Å². The fraction of sp³-hybridized carbons (Fsp3) is 0.639. The van der Waals surface area contributed by atoms with Gasteiger partial charge >= 0.3 is 0 Å². The summed E-state index contributed by atoms with van der Waals surface area (Å²) in [6, 6.07) is 17.0. The van der Waals surface area contributed by atoms with E-state index >= 15 is 0 Å². The van der Waals surface area contributed by atoms with Crippen LogP contribution in [0.25, 0.3) is 0 Å². The Bertz CT molecular complexity index is 859. The molecule has 0 amide bonds. The summed E-state index contributed by atoms with van der Waals surface area (Å²) in [4.78, 5) is 12.5. The maximum atomic E-state index is 12.5. The minimum Gasteiger partial charge on any atom is -0.493 e. The highest BCUT2D eigenvalue weighted by Gasteiger charge is 2.14. The molecule has 0 aliphatic carbocycles. The summed E-state index contributed by atoms with van der Waals surface area (Å²) in [5.74, 6) is 0.887. The zero-order chi connectivity index (χ0) is 28.0. The predicted octanol–water partition coefficient (Wildman–Crippen LogP) is 10.0. The van der Waals surface area contributed by atoms with Crippen molar-refractivity contribution in [2.24, 2.45) is 0 Å². The van der Waals surface area contributed by atoms with Gasteiger partial charge in [-0.1, -0.05) is 127 Å². The van der Waals surface area contributed by atoms with Crippen LogP contribution in [0.3, 0.4) is 0 Å². The van der Waals surface area contributed by atoms with Gasteiger partial charge in [0, 0.05) is 17.5 Å². The number of benzene rings is 2. The molecule has 218 valence electrons. The van der Waals surface area contributed by atoms with Crippen LogP contribution in [0.2, 0.25) is 0 Å². The zero-order valence-corrected chi connectivity index (χ0v) is 25.6. The number of carbonyl (C=O) groups excluding carboxylic acids is 1. The number of carbonyl (C=O) groups is 1. The van der Waals surface area contributed by atoms with Crippen molar-refractivity contribution < 1.29 is 14.0 Å². The first-order valence-corrected chi connectivity index (χ1v) is 16.2. The van der Waals surface area contributed by atoms with Crippen LogP contribution in [0, 0.1) is 0 Å². The third-order valence-corrected chi connectivity index (χ3v) is 7.95. The maximum absolute atomic E-state index is 12.5. The summed E-state index contributed by atoms with van der Waals surface area (Å²) < 4.78 is 7.02. The lowest BCUT2D eigenvalue weighted by Crippen LogP contribution is -2.41. The molecule has 2 rings (SSSR count). The van der Waals surface area contributed by atoms with Crippen molar-refractivity contribution in [1.29, 1.82) is 0 Å². The number of ketones is 1. The molecule has 0 saturated carbocycles. The summed E-state index contributed by atoms with van der Waals surface area (Å²) in [7, 11) is 4.68. The monoisotopic (exact) mass is 536 g/mol. The van der Waals surface area contributed by atoms with Gasteiger partial charge in [-0.05, 0) is 37.1 Å². The van der Waals surface area contributed by atoms with E-state index in [1.807, 2.05) is 54.6 Å². The van der Waals surface area contributed by atoms with Crippen LogP contribution < -0.4 is 4.74 Å². The molecule has 0 fully saturated rings. The fourth-order valence-electron chi connectivity index (χ4n) is 5.34. The number of quaternary nitrogens is 1. The second-order valence-corrected chi connectivity index (χ2v) is 12.1. The molecule has 0 radical (unpaired) electrons. The second kappa shape index (κ2) is 20.7. The molecule has 0 spiro atoms. The zero-order valence-electron chi connectivity index (χ0n) is 25.6. The molecule has 0 unspecified atom stereocenters. The van der Waals surface area contributed by atoms with Gasteiger partial charge in [0.2, 0.25) is 0 Å². The predicted molar refractivity (Wildman–Crippen MR) is 168 cm³/mol. The first-order valence-electron chi connectivity index (χ1n) is 16.2. The lowest BCUT2D eigenvalue weighted by Gasteiger charge is -2.30. The molecule has 2 aromatic carbocycles. The molecular weight excluding hydrogens is 478 g/mol. The molecule has 3 nitrogen and oxygen atoms in total. The average Bonchev–Trinajstić information content (AvgIpc) is 2.95. The minimum atomic E-state index is 0.0512. The van der Waals surface area contributed by atoms with Gasteiger partial charge in [0.25, 0.3) is 0 Å². The van der Waals surface area contributed by atoms with Crippen molar-refractivity contribution in [2.75, 3.05) is 33.8 Å². The molecule has 39 heavy (non-hydrogen) atoms. The Morgan fingerprint density at radius 1 is 0.564 bits per heavy atom. The van der Waals surface area contributed by atoms with Gasteiger partial charge in [0.15, 0.2) is 5.78 Å². The molecule has 0 saturated heterocycles. The second-order valence-electron chi connectivity index (χ2n) is 12.1. The number of hydrogen-bond donors (Lipinski definition) is 0. The van der Waals surface area contributed by atoms with E-state index in [0.29, 0.717) is 12.2 Å². The SMILES string of the molecule is CCCCCCCCCCCCCCCCCC[N+](C)(C)CCCOc1ccc(C(=O)c2ccccc2)cc1. The number of hydrogen-bond acceptors (Lipinski definition) is 2. The van der Waals surface area contributed by atoms with Gasteiger partial charge in [-0.25, -0.2) is 0 Å². The molecule has 3 heteroatoms. The van der Waals surface area contributed by atoms with Gasteiger partial charge in [-0.3, -0.25) is 4.79 Å². The van der Waals surface area contributed by atoms with Crippen molar-refractivity contribution >= 4 is 5.78 Å². The highest BCUT2D eigenvalue weighted by Crippen LogP contribution is 2.17. The fourth-order valence-corrected chi connectivity index (χ4v) is 5.34. The average molecular weight is 537 g/mol. The number of ether oxygens (including phenoxy) is 1. The normalized spacial score (nSPS) is 11.6. The van der Waals surface area contributed by atoms with Gasteiger partial charge in [0.05, 0.1) is 33.8 Å². The molecule has 0 aromatic heterocycles. The molecule has 2 aromatic rings. The maximum Gasteiger partial charge on any atom is 0.193 e. The molecular formula is C36H58NO2+. The van der Waals surface area contributed by atoms with E-state index < -0.39 is 0 Å². The van der Waals surface area contributed by atoms with Gasteiger partial charge in [-0.15, -0.1) is 0 Å². The molecule has 0 heterocycles. The van der Waals surface area contributed by atoms with Crippen molar-refractivity contribution in [1.82, 2.24) is 0 Å². The highest BCUT2D eigenvalue weighted by molar-refractivity contribution is 6.08. The summed E-state index contributed by atoms with van der Waals surface area (Å²) in [5.41, 5.74) is 1.42. The van der Waals surface area contributed by atoms with E-state index in [4.69, 9.17) is 4.74 Å². The first kappa shape index (κ1) is 33.1. The Kier molecular flexibility index (Phi) is 17.6.